The lowest BCUT2D eigenvalue weighted by atomic mass is 10.3. The predicted molar refractivity (Wildman–Crippen MR) is 78.6 cm³/mol. The minimum Gasteiger partial charge on any atom is -0.461 e. The van der Waals surface area contributed by atoms with Crippen LogP contribution in [0.15, 0.2) is 41.3 Å². The molecule has 19 heavy (non-hydrogen) atoms. The van der Waals surface area contributed by atoms with E-state index in [1.807, 2.05) is 38.1 Å². The van der Waals surface area contributed by atoms with Crippen LogP contribution in [0.4, 0.5) is 0 Å². The summed E-state index contributed by atoms with van der Waals surface area (Å²) in [5.41, 5.74) is 1.29. The molecule has 1 aromatic heterocycles. The number of rotatable bonds is 3. The number of carbonyl (C=O) groups excluding carboxylic acids is 1. The molecule has 0 aliphatic carbocycles. The van der Waals surface area contributed by atoms with Crippen LogP contribution >= 0.6 is 15.9 Å². The van der Waals surface area contributed by atoms with Crippen molar-refractivity contribution in [2.75, 3.05) is 6.61 Å². The van der Waals surface area contributed by atoms with Crippen molar-refractivity contribution in [3.8, 4) is 5.69 Å². The van der Waals surface area contributed by atoms with E-state index in [2.05, 4.69) is 20.9 Å². The first-order valence-corrected chi connectivity index (χ1v) is 6.97. The Morgan fingerprint density at radius 2 is 1.95 bits per heavy atom. The van der Waals surface area contributed by atoms with Crippen molar-refractivity contribution in [1.82, 2.24) is 9.55 Å². The van der Waals surface area contributed by atoms with E-state index in [-0.39, 0.29) is 5.97 Å². The van der Waals surface area contributed by atoms with Gasteiger partial charge in [-0.3, -0.25) is 4.57 Å². The molecule has 0 bridgehead atoms. The average Bonchev–Trinajstić information content (AvgIpc) is 2.91. The maximum atomic E-state index is 11.7. The molecular formula is C14H17BrN2O2. The van der Waals surface area contributed by atoms with Crippen LogP contribution in [0.5, 0.6) is 0 Å². The molecule has 0 N–H and O–H groups in total. The van der Waals surface area contributed by atoms with Crippen LogP contribution in [-0.4, -0.2) is 22.1 Å². The number of hydrogen-bond donors (Lipinski definition) is 0. The summed E-state index contributed by atoms with van der Waals surface area (Å²) in [5, 5.41) is 0. The molecule has 2 aromatic rings. The fraction of sp³-hybridized carbons (Fsp3) is 0.286. The summed E-state index contributed by atoms with van der Waals surface area (Å²) >= 11 is 3.36. The van der Waals surface area contributed by atoms with Crippen molar-refractivity contribution in [1.29, 1.82) is 0 Å². The van der Waals surface area contributed by atoms with Crippen molar-refractivity contribution in [2.45, 2.75) is 20.8 Å². The van der Waals surface area contributed by atoms with Gasteiger partial charge in [-0.25, -0.2) is 9.78 Å². The lowest BCUT2D eigenvalue weighted by molar-refractivity contribution is 0.0517. The van der Waals surface area contributed by atoms with Crippen LogP contribution in [0.1, 0.15) is 31.3 Å². The molecule has 0 atom stereocenters. The zero-order valence-electron chi connectivity index (χ0n) is 11.3. The first kappa shape index (κ1) is 15.4. The standard InChI is InChI=1S/C12H11BrN2O2.C2H6/c1-2-17-12(16)11-7-14-8-15(11)10-5-3-9(13)4-6-10;1-2/h3-8H,2H2,1H3;1-2H3. The molecule has 1 heterocycles. The summed E-state index contributed by atoms with van der Waals surface area (Å²) in [6.45, 7) is 6.13. The first-order valence-electron chi connectivity index (χ1n) is 6.17. The van der Waals surface area contributed by atoms with E-state index in [9.17, 15) is 4.79 Å². The Labute approximate surface area is 121 Å². The second-order valence-electron chi connectivity index (χ2n) is 3.35. The topological polar surface area (TPSA) is 44.1 Å². The molecule has 0 aliphatic rings. The van der Waals surface area contributed by atoms with Gasteiger partial charge in [0.25, 0.3) is 0 Å². The summed E-state index contributed by atoms with van der Waals surface area (Å²) in [4.78, 5) is 15.6. The number of benzene rings is 1. The van der Waals surface area contributed by atoms with Gasteiger partial charge in [-0.15, -0.1) is 0 Å². The maximum absolute atomic E-state index is 11.7. The summed E-state index contributed by atoms with van der Waals surface area (Å²) in [6, 6.07) is 7.61. The monoisotopic (exact) mass is 324 g/mol. The van der Waals surface area contributed by atoms with E-state index in [1.54, 1.807) is 17.8 Å². The molecule has 102 valence electrons. The number of imidazole rings is 1. The molecule has 4 nitrogen and oxygen atoms in total. The van der Waals surface area contributed by atoms with Crippen LogP contribution in [-0.2, 0) is 4.74 Å². The van der Waals surface area contributed by atoms with E-state index >= 15 is 0 Å². The molecule has 0 aliphatic heterocycles. The van der Waals surface area contributed by atoms with Gasteiger partial charge in [0, 0.05) is 10.2 Å². The van der Waals surface area contributed by atoms with Gasteiger partial charge in [0.2, 0.25) is 0 Å². The minimum atomic E-state index is -0.368. The zero-order valence-corrected chi connectivity index (χ0v) is 12.8. The van der Waals surface area contributed by atoms with E-state index < -0.39 is 0 Å². The molecular weight excluding hydrogens is 308 g/mol. The summed E-state index contributed by atoms with van der Waals surface area (Å²) < 4.78 is 7.65. The number of halogens is 1. The fourth-order valence-electron chi connectivity index (χ4n) is 1.46. The van der Waals surface area contributed by atoms with E-state index in [0.29, 0.717) is 12.3 Å². The van der Waals surface area contributed by atoms with Crippen molar-refractivity contribution in [3.05, 3.63) is 47.0 Å². The summed E-state index contributed by atoms with van der Waals surface area (Å²) in [7, 11) is 0. The Hall–Kier alpha value is -1.62. The van der Waals surface area contributed by atoms with Crippen LogP contribution in [0.2, 0.25) is 0 Å². The molecule has 2 rings (SSSR count). The molecule has 0 saturated heterocycles. The van der Waals surface area contributed by atoms with Crippen molar-refractivity contribution in [2.24, 2.45) is 0 Å². The van der Waals surface area contributed by atoms with Gasteiger partial charge in [-0.1, -0.05) is 29.8 Å². The number of ether oxygens (including phenoxy) is 1. The predicted octanol–water partition coefficient (Wildman–Crippen LogP) is 3.84. The molecule has 1 aromatic carbocycles. The van der Waals surface area contributed by atoms with Crippen molar-refractivity contribution in [3.63, 3.8) is 0 Å². The van der Waals surface area contributed by atoms with Gasteiger partial charge in [0.15, 0.2) is 5.69 Å². The molecule has 0 fully saturated rings. The second kappa shape index (κ2) is 7.74. The number of nitrogens with zero attached hydrogens (tertiary/aromatic N) is 2. The Kier molecular flexibility index (Phi) is 6.29. The van der Waals surface area contributed by atoms with Crippen LogP contribution < -0.4 is 0 Å². The quantitative estimate of drug-likeness (QED) is 0.806. The van der Waals surface area contributed by atoms with Gasteiger partial charge < -0.3 is 4.74 Å². The Bertz CT molecular complexity index is 520. The highest BCUT2D eigenvalue weighted by Crippen LogP contribution is 2.16. The number of carbonyl (C=O) groups is 1. The molecule has 0 radical (unpaired) electrons. The average molecular weight is 325 g/mol. The molecule has 0 unspecified atom stereocenters. The normalized spacial score (nSPS) is 9.47. The van der Waals surface area contributed by atoms with E-state index in [4.69, 9.17) is 4.74 Å². The zero-order chi connectivity index (χ0) is 14.3. The van der Waals surface area contributed by atoms with E-state index in [1.165, 1.54) is 6.20 Å². The number of hydrogen-bond acceptors (Lipinski definition) is 3. The Balaban J connectivity index is 0.000000861. The lowest BCUT2D eigenvalue weighted by Gasteiger charge is -2.07. The smallest absolute Gasteiger partial charge is 0.356 e. The Morgan fingerprint density at radius 1 is 1.32 bits per heavy atom. The highest BCUT2D eigenvalue weighted by molar-refractivity contribution is 9.10. The highest BCUT2D eigenvalue weighted by atomic mass is 79.9. The first-order chi connectivity index (χ1) is 9.22. The van der Waals surface area contributed by atoms with Crippen molar-refractivity contribution >= 4 is 21.9 Å². The largest absolute Gasteiger partial charge is 0.461 e. The fourth-order valence-corrected chi connectivity index (χ4v) is 1.72. The second-order valence-corrected chi connectivity index (χ2v) is 4.26. The van der Waals surface area contributed by atoms with Crippen LogP contribution in [0.3, 0.4) is 0 Å². The van der Waals surface area contributed by atoms with Crippen LogP contribution in [0, 0.1) is 0 Å². The van der Waals surface area contributed by atoms with Gasteiger partial charge in [0.1, 0.15) is 0 Å². The summed E-state index contributed by atoms with van der Waals surface area (Å²) in [6.07, 6.45) is 3.09. The maximum Gasteiger partial charge on any atom is 0.356 e. The van der Waals surface area contributed by atoms with Crippen molar-refractivity contribution < 1.29 is 9.53 Å². The van der Waals surface area contributed by atoms with Gasteiger partial charge in [0.05, 0.1) is 19.1 Å². The number of esters is 1. The molecule has 0 amide bonds. The molecule has 0 saturated carbocycles. The number of aromatic nitrogens is 2. The van der Waals surface area contributed by atoms with E-state index in [0.717, 1.165) is 10.2 Å². The third-order valence-electron chi connectivity index (χ3n) is 2.23. The third-order valence-corrected chi connectivity index (χ3v) is 2.76. The van der Waals surface area contributed by atoms with Crippen LogP contribution in [0.25, 0.3) is 5.69 Å². The van der Waals surface area contributed by atoms with Gasteiger partial charge in [-0.05, 0) is 31.2 Å². The van der Waals surface area contributed by atoms with Gasteiger partial charge in [-0.2, -0.15) is 0 Å². The minimum absolute atomic E-state index is 0.352. The lowest BCUT2D eigenvalue weighted by Crippen LogP contribution is -2.10. The highest BCUT2D eigenvalue weighted by Gasteiger charge is 2.13. The Morgan fingerprint density at radius 3 is 2.53 bits per heavy atom. The SMILES string of the molecule is CC.CCOC(=O)c1cncn1-c1ccc(Br)cc1. The molecule has 0 spiro atoms. The third kappa shape index (κ3) is 3.92. The summed E-state index contributed by atoms with van der Waals surface area (Å²) in [5.74, 6) is -0.368. The van der Waals surface area contributed by atoms with Gasteiger partial charge >= 0.3 is 5.97 Å². The molecule has 5 heteroatoms.